The fraction of sp³-hybridized carbons (Fsp3) is 0.182. The van der Waals surface area contributed by atoms with E-state index in [1.807, 2.05) is 0 Å². The predicted molar refractivity (Wildman–Crippen MR) is 306 cm³/mol. The highest BCUT2D eigenvalue weighted by Gasteiger charge is 2.47. The van der Waals surface area contributed by atoms with Crippen molar-refractivity contribution >= 4 is 118 Å². The van der Waals surface area contributed by atoms with Crippen LogP contribution in [0.25, 0.3) is 49.4 Å². The molecule has 0 atom stereocenters. The molecule has 0 radical (unpaired) electrons. The summed E-state index contributed by atoms with van der Waals surface area (Å²) in [6.07, 6.45) is 0. The van der Waals surface area contributed by atoms with E-state index in [4.69, 9.17) is 16.8 Å². The first-order chi connectivity index (χ1) is 47.2. The summed E-state index contributed by atoms with van der Waals surface area (Å²) in [7, 11) is 0. The lowest BCUT2D eigenvalue weighted by molar-refractivity contribution is 0.590. The average molecular weight is 963 g/mol. The Morgan fingerprint density at radius 3 is 1.74 bits per heavy atom. The summed E-state index contributed by atoms with van der Waals surface area (Å²) in [5, 5.41) is -1.36. The molecule has 0 saturated heterocycles. The highest BCUT2D eigenvalue weighted by atomic mass is 16.3. The third kappa shape index (κ3) is 6.08. The molecule has 72 heavy (non-hydrogen) atoms. The average Bonchev–Trinajstić information content (AvgIpc) is 1.14. The molecule has 0 spiro atoms. The molecule has 9 aromatic carbocycles. The Bertz CT molecular complexity index is 5750. The first-order valence-corrected chi connectivity index (χ1v) is 23.2. The van der Waals surface area contributed by atoms with Crippen LogP contribution >= 0.6 is 0 Å². The predicted octanol–water partition coefficient (Wildman–Crippen LogP) is 16.4. The van der Waals surface area contributed by atoms with Crippen molar-refractivity contribution in [2.45, 2.75) is 78.6 Å². The number of fused-ring (bicyclic) bond motifs is 12. The second-order valence-electron chi connectivity index (χ2n) is 21.1. The fourth-order valence-corrected chi connectivity index (χ4v) is 9.94. The number of para-hydroxylation sites is 5. The van der Waals surface area contributed by atoms with Gasteiger partial charge in [-0.1, -0.05) is 159 Å². The van der Waals surface area contributed by atoms with Crippen molar-refractivity contribution in [2.24, 2.45) is 0 Å². The lowest BCUT2D eigenvalue weighted by Crippen LogP contribution is -2.62. The van der Waals surface area contributed by atoms with Gasteiger partial charge in [0.25, 0.3) is 6.71 Å². The van der Waals surface area contributed by atoms with E-state index in [1.54, 1.807) is 62.3 Å². The van der Waals surface area contributed by atoms with Crippen LogP contribution in [0.1, 0.15) is 120 Å². The fourth-order valence-electron chi connectivity index (χ4n) is 9.94. The molecule has 5 nitrogen and oxygen atoms in total. The van der Waals surface area contributed by atoms with Gasteiger partial charge in [0.05, 0.1) is 80.6 Å². The molecule has 0 fully saturated rings. The van der Waals surface area contributed by atoms with Crippen LogP contribution in [0, 0.1) is 0 Å². The molecule has 0 aliphatic carbocycles. The van der Waals surface area contributed by atoms with Crippen molar-refractivity contribution in [3.8, 4) is 5.69 Å². The zero-order valence-electron chi connectivity index (χ0n) is 70.3. The van der Waals surface area contributed by atoms with Gasteiger partial charge in [0, 0.05) is 50.0 Å². The van der Waals surface area contributed by atoms with E-state index in [9.17, 15) is 28.8 Å². The van der Waals surface area contributed by atoms with Crippen molar-refractivity contribution < 1.29 is 45.5 Å². The summed E-state index contributed by atoms with van der Waals surface area (Å²) in [6.45, 7) is 13.0. The van der Waals surface area contributed by atoms with Gasteiger partial charge < -0.3 is 23.7 Å². The van der Waals surface area contributed by atoms with Crippen LogP contribution in [-0.4, -0.2) is 11.3 Å². The smallest absolute Gasteiger partial charge is 0.252 e. The van der Waals surface area contributed by atoms with Crippen LogP contribution in [0.5, 0.6) is 0 Å². The van der Waals surface area contributed by atoms with E-state index in [0.29, 0.717) is 4.90 Å². The Morgan fingerprint density at radius 2 is 1.03 bits per heavy atom. The Hall–Kier alpha value is -7.96. The molecule has 0 amide bonds. The molecule has 6 heteroatoms. The molecular weight excluding hydrogens is 876 g/mol. The zero-order valence-corrected chi connectivity index (χ0v) is 40.3. The van der Waals surface area contributed by atoms with Crippen LogP contribution in [-0.2, 0) is 16.2 Å². The topological polar surface area (TPSA) is 27.8 Å². The van der Waals surface area contributed by atoms with Crippen LogP contribution in [0.15, 0.2) is 186 Å². The molecule has 14 rings (SSSR count). The van der Waals surface area contributed by atoms with Crippen LogP contribution in [0.2, 0.25) is 0 Å². The van der Waals surface area contributed by atoms with Crippen LogP contribution < -0.4 is 31.1 Å². The quantitative estimate of drug-likeness (QED) is 0.164. The van der Waals surface area contributed by atoms with E-state index in [1.165, 1.54) is 9.47 Å². The molecule has 0 N–H and O–H groups in total. The van der Waals surface area contributed by atoms with Crippen LogP contribution in [0.4, 0.5) is 51.2 Å². The van der Waals surface area contributed by atoms with Crippen molar-refractivity contribution in [1.29, 1.82) is 0 Å². The molecule has 0 bridgehead atoms. The molecule has 2 aromatic heterocycles. The third-order valence-electron chi connectivity index (χ3n) is 13.3. The van der Waals surface area contributed by atoms with Gasteiger partial charge in [0.2, 0.25) is 0 Å². The van der Waals surface area contributed by atoms with E-state index >= 15 is 0 Å². The van der Waals surface area contributed by atoms with Crippen molar-refractivity contribution in [2.75, 3.05) is 14.7 Å². The lowest BCUT2D eigenvalue weighted by atomic mass is 9.33. The number of anilines is 9. The highest BCUT2D eigenvalue weighted by molar-refractivity contribution is 7.00. The number of hydrogen-bond donors (Lipinski definition) is 0. The number of hydrogen-bond acceptors (Lipinski definition) is 4. The van der Waals surface area contributed by atoms with Gasteiger partial charge in [-0.2, -0.15) is 0 Å². The van der Waals surface area contributed by atoms with E-state index in [-0.39, 0.29) is 56.3 Å². The van der Waals surface area contributed by atoms with E-state index in [0.717, 1.165) is 4.90 Å². The summed E-state index contributed by atoms with van der Waals surface area (Å²) in [4.78, 5) is 2.54. The normalized spacial score (nSPS) is 19.7. The number of furan rings is 1. The summed E-state index contributed by atoms with van der Waals surface area (Å²) in [5.74, 6) is 0. The molecule has 3 aliphatic rings. The lowest BCUT2D eigenvalue weighted by Gasteiger charge is -2.47. The second-order valence-corrected chi connectivity index (χ2v) is 21.1. The maximum Gasteiger partial charge on any atom is 0.252 e. The van der Waals surface area contributed by atoms with E-state index < -0.39 is 282 Å². The Morgan fingerprint density at radius 1 is 0.431 bits per heavy atom. The van der Waals surface area contributed by atoms with Gasteiger partial charge in [-0.25, -0.2) is 0 Å². The number of aromatic nitrogens is 1. The Balaban J connectivity index is 1.37. The molecule has 0 saturated carbocycles. The number of nitrogens with zero attached hydrogens (tertiary/aromatic N) is 4. The molecule has 3 aliphatic heterocycles. The molecular formula is C66H57BN4O. The zero-order chi connectivity index (χ0) is 75.3. The van der Waals surface area contributed by atoms with Gasteiger partial charge in [0.1, 0.15) is 5.58 Å². The molecule has 5 heterocycles. The monoisotopic (exact) mass is 963 g/mol. The van der Waals surface area contributed by atoms with Gasteiger partial charge in [0.15, 0.2) is 5.58 Å². The maximum atomic E-state index is 11.3. The SMILES string of the molecule is [2H]c1c([2H])c([2H])c(N(c2c([2H])c([2H])c([2H])c([2H])c2[2H])c2c([2H])c3c4c(c2[2H])N2c5c(c([2H])c([2H])c([2H])c5-n5c6c([2H])c([2H])c(C(C)(C)C)c([2H])c6c6c([2H])c(C(C)(C)C)c([2H])c2c65)B4c2c([2H])c(C(C)(C)C)c([2H])c([2H])c2N3c2c([2H])c([2H])c([2H])c3c2oc2c([2H])c([2H])c([2H])c([2H])c23)c([2H])c1[2H]. The van der Waals surface area contributed by atoms with Crippen LogP contribution in [0.3, 0.4) is 0 Å². The summed E-state index contributed by atoms with van der Waals surface area (Å²) < 4.78 is 301. The van der Waals surface area contributed by atoms with Gasteiger partial charge in [-0.3, -0.25) is 0 Å². The van der Waals surface area contributed by atoms with Crippen molar-refractivity contribution in [1.82, 2.24) is 4.57 Å². The largest absolute Gasteiger partial charge is 0.454 e. The first kappa shape index (κ1) is 22.2. The summed E-state index contributed by atoms with van der Waals surface area (Å²) in [6, 6.07) is -26.4. The number of benzene rings is 9. The minimum atomic E-state index is -2.01. The molecule has 350 valence electrons. The van der Waals surface area contributed by atoms with Gasteiger partial charge in [-0.05, 0) is 134 Å². The first-order valence-electron chi connectivity index (χ1n) is 38.2. The Kier molecular flexibility index (Phi) is 4.57. The third-order valence-corrected chi connectivity index (χ3v) is 13.3. The van der Waals surface area contributed by atoms with Gasteiger partial charge >= 0.3 is 0 Å². The molecule has 11 aromatic rings. The van der Waals surface area contributed by atoms with Crippen molar-refractivity contribution in [3.05, 3.63) is 198 Å². The highest BCUT2D eigenvalue weighted by Crippen LogP contribution is 2.55. The van der Waals surface area contributed by atoms with Crippen molar-refractivity contribution in [3.63, 3.8) is 0 Å². The standard InChI is InChI=1S/C66H57BN4O/c1-64(2,3)40-30-32-52-48(34-40)49-35-42(66(7,8)9)37-58-61(49)70(52)54-27-19-26-50-62(54)71(58)57-39-45(68(43-20-12-10-13-21-43)44-22-14-11-15-23-44)38-56-60(57)67(50)51-36-41(65(4,5)6)31-33-53(51)69(56)55-28-18-25-47-46-24-16-17-29-59(46)72-63(47)55/h10-39H,1-9H3/i10D,11D,12D,13D,14D,15D,16D,17D,18D,19D,20D,21D,22D,23D,24D,25D,26D,27D,28D,29D,30D,31D,32D,33D,34D,35D,36D,37D,38D,39D. The Labute approximate surface area is 464 Å². The maximum absolute atomic E-state index is 11.3. The van der Waals surface area contributed by atoms with E-state index in [2.05, 4.69) is 0 Å². The molecule has 0 unspecified atom stereocenters. The second kappa shape index (κ2) is 14.8. The minimum Gasteiger partial charge on any atom is -0.454 e. The summed E-state index contributed by atoms with van der Waals surface area (Å²) in [5.41, 5.74) is -14.5. The number of rotatable bonds is 4. The minimum absolute atomic E-state index is 0.0406. The summed E-state index contributed by atoms with van der Waals surface area (Å²) >= 11 is 0. The van der Waals surface area contributed by atoms with Gasteiger partial charge in [-0.15, -0.1) is 0 Å².